The molecule has 0 aliphatic carbocycles. The quantitative estimate of drug-likeness (QED) is 0.418. The summed E-state index contributed by atoms with van der Waals surface area (Å²) in [7, 11) is 0. The van der Waals surface area contributed by atoms with Crippen molar-refractivity contribution in [2.75, 3.05) is 19.7 Å². The smallest absolute Gasteiger partial charge is 0.490 e. The Morgan fingerprint density at radius 3 is 2.08 bits per heavy atom. The molecule has 2 N–H and O–H groups in total. The number of alkyl halides is 6. The van der Waals surface area contributed by atoms with E-state index in [1.54, 1.807) is 12.4 Å². The van der Waals surface area contributed by atoms with Gasteiger partial charge < -0.3 is 19.5 Å². The van der Waals surface area contributed by atoms with Gasteiger partial charge in [0.25, 0.3) is 0 Å². The number of carboxylic acids is 2. The maximum Gasteiger partial charge on any atom is 0.490 e. The minimum absolute atomic E-state index is 0.418. The van der Waals surface area contributed by atoms with E-state index in [9.17, 15) is 26.3 Å². The van der Waals surface area contributed by atoms with E-state index in [4.69, 9.17) is 24.5 Å². The lowest BCUT2D eigenvalue weighted by atomic mass is 10.1. The molecule has 1 aromatic carbocycles. The van der Waals surface area contributed by atoms with Gasteiger partial charge in [-0.3, -0.25) is 9.88 Å². The first kappa shape index (κ1) is 32.1. The fraction of sp³-hybridized carbons (Fsp3) is 0.360. The van der Waals surface area contributed by atoms with E-state index in [1.165, 1.54) is 11.3 Å². The number of carboxylic acid groups (broad SMARTS) is 2. The average Bonchev–Trinajstić information content (AvgIpc) is 3.25. The van der Waals surface area contributed by atoms with E-state index in [0.717, 1.165) is 38.3 Å². The number of nitrogens with zero attached hydrogens (tertiary/aromatic N) is 4. The van der Waals surface area contributed by atoms with Crippen LogP contribution in [-0.2, 0) is 29.1 Å². The Morgan fingerprint density at radius 1 is 0.900 bits per heavy atom. The van der Waals surface area contributed by atoms with Gasteiger partial charge in [0.2, 0.25) is 0 Å². The number of carbonyl (C=O) groups is 2. The first-order valence-electron chi connectivity index (χ1n) is 11.6. The van der Waals surface area contributed by atoms with E-state index in [2.05, 4.69) is 49.8 Å². The predicted molar refractivity (Wildman–Crippen MR) is 128 cm³/mol. The van der Waals surface area contributed by atoms with E-state index in [1.807, 2.05) is 24.7 Å². The number of hydrogen-bond acceptors (Lipinski definition) is 6. The molecule has 0 saturated carbocycles. The number of aliphatic carboxylic acids is 2. The number of rotatable bonds is 6. The lowest BCUT2D eigenvalue weighted by Crippen LogP contribution is -2.32. The van der Waals surface area contributed by atoms with Gasteiger partial charge in [-0.1, -0.05) is 30.3 Å². The maximum atomic E-state index is 10.6. The summed E-state index contributed by atoms with van der Waals surface area (Å²) in [4.78, 5) is 28.8. The van der Waals surface area contributed by atoms with Crippen LogP contribution in [-0.4, -0.2) is 73.6 Å². The molecule has 9 nitrogen and oxygen atoms in total. The van der Waals surface area contributed by atoms with Crippen LogP contribution in [0.2, 0.25) is 0 Å². The molecule has 0 fully saturated rings. The van der Waals surface area contributed by atoms with Crippen molar-refractivity contribution in [1.29, 1.82) is 0 Å². The summed E-state index contributed by atoms with van der Waals surface area (Å²) in [6, 6.07) is 14.5. The topological polar surface area (TPSA) is 118 Å². The Morgan fingerprint density at radius 2 is 1.52 bits per heavy atom. The summed E-state index contributed by atoms with van der Waals surface area (Å²) in [5.74, 6) is -4.26. The molecule has 0 radical (unpaired) electrons. The molecule has 1 atom stereocenters. The highest BCUT2D eigenvalue weighted by Crippen LogP contribution is 2.19. The zero-order chi connectivity index (χ0) is 29.8. The summed E-state index contributed by atoms with van der Waals surface area (Å²) in [6.07, 6.45) is -1.65. The molecule has 1 unspecified atom stereocenters. The van der Waals surface area contributed by atoms with Crippen LogP contribution in [0.4, 0.5) is 26.3 Å². The standard InChI is InChI=1S/C21H24N4O.2C2HF3O2/c1-2-5-18(6-3-1)8-10-24-13-19(14-25-17-23-11-20(25)15-24)16-26-21-7-4-9-22-12-21;2*3-2(4,5)1(6)7/h1-7,9,11-12,17,19H,8,10,13-16H2;2*(H,6,7). The highest BCUT2D eigenvalue weighted by atomic mass is 19.4. The second-order valence-corrected chi connectivity index (χ2v) is 8.48. The van der Waals surface area contributed by atoms with Crippen LogP contribution in [0.25, 0.3) is 0 Å². The van der Waals surface area contributed by atoms with Gasteiger partial charge in [0.05, 0.1) is 24.8 Å². The molecule has 0 amide bonds. The summed E-state index contributed by atoms with van der Waals surface area (Å²) in [5, 5.41) is 14.2. The molecular weight excluding hydrogens is 550 g/mol. The number of imidazole rings is 1. The van der Waals surface area contributed by atoms with Gasteiger partial charge in [0, 0.05) is 44.5 Å². The highest BCUT2D eigenvalue weighted by Gasteiger charge is 2.38. The van der Waals surface area contributed by atoms with Crippen molar-refractivity contribution >= 4 is 11.9 Å². The second-order valence-electron chi connectivity index (χ2n) is 8.48. The van der Waals surface area contributed by atoms with Crippen molar-refractivity contribution in [1.82, 2.24) is 19.4 Å². The number of benzene rings is 1. The fourth-order valence-electron chi connectivity index (χ4n) is 3.49. The van der Waals surface area contributed by atoms with Crippen LogP contribution in [0.3, 0.4) is 0 Å². The number of fused-ring (bicyclic) bond motifs is 1. The average molecular weight is 576 g/mol. The largest absolute Gasteiger partial charge is 0.492 e. The summed E-state index contributed by atoms with van der Waals surface area (Å²) in [5.41, 5.74) is 2.66. The molecule has 3 heterocycles. The third-order valence-corrected chi connectivity index (χ3v) is 5.32. The lowest BCUT2D eigenvalue weighted by molar-refractivity contribution is -0.193. The van der Waals surface area contributed by atoms with Gasteiger partial charge >= 0.3 is 24.3 Å². The Hall–Kier alpha value is -4.14. The van der Waals surface area contributed by atoms with Gasteiger partial charge in [-0.15, -0.1) is 0 Å². The fourth-order valence-corrected chi connectivity index (χ4v) is 3.49. The van der Waals surface area contributed by atoms with Gasteiger partial charge in [0.15, 0.2) is 0 Å². The number of hydrogen-bond donors (Lipinski definition) is 2. The molecule has 0 bridgehead atoms. The second kappa shape index (κ2) is 14.9. The monoisotopic (exact) mass is 576 g/mol. The minimum Gasteiger partial charge on any atom is -0.492 e. The van der Waals surface area contributed by atoms with Crippen molar-refractivity contribution in [3.63, 3.8) is 0 Å². The van der Waals surface area contributed by atoms with E-state index < -0.39 is 24.3 Å². The molecule has 40 heavy (non-hydrogen) atoms. The third kappa shape index (κ3) is 11.7. The molecule has 3 aromatic rings. The summed E-state index contributed by atoms with van der Waals surface area (Å²) >= 11 is 0. The normalized spacial score (nSPS) is 15.3. The van der Waals surface area contributed by atoms with Crippen molar-refractivity contribution in [3.8, 4) is 5.75 Å². The molecule has 0 spiro atoms. The van der Waals surface area contributed by atoms with Crippen LogP contribution in [0.5, 0.6) is 5.75 Å². The Kier molecular flexibility index (Phi) is 11.9. The molecular formula is C25H26F6N4O5. The molecule has 218 valence electrons. The number of pyridine rings is 1. The van der Waals surface area contributed by atoms with Gasteiger partial charge in [-0.25, -0.2) is 14.6 Å². The lowest BCUT2D eigenvalue weighted by Gasteiger charge is -2.24. The van der Waals surface area contributed by atoms with Crippen LogP contribution in [0, 0.1) is 5.92 Å². The van der Waals surface area contributed by atoms with Crippen LogP contribution < -0.4 is 4.74 Å². The molecule has 0 saturated heterocycles. The van der Waals surface area contributed by atoms with Crippen molar-refractivity contribution in [3.05, 3.63) is 78.6 Å². The molecule has 2 aromatic heterocycles. The predicted octanol–water partition coefficient (Wildman–Crippen LogP) is 4.30. The van der Waals surface area contributed by atoms with Crippen LogP contribution in [0.1, 0.15) is 11.3 Å². The Labute approximate surface area is 224 Å². The molecule has 15 heteroatoms. The molecule has 1 aliphatic rings. The summed E-state index contributed by atoms with van der Waals surface area (Å²) in [6.45, 7) is 4.63. The number of aromatic nitrogens is 3. The minimum atomic E-state index is -5.08. The molecule has 4 rings (SSSR count). The maximum absolute atomic E-state index is 10.6. The zero-order valence-corrected chi connectivity index (χ0v) is 20.8. The number of halogens is 6. The van der Waals surface area contributed by atoms with E-state index >= 15 is 0 Å². The Balaban J connectivity index is 0.000000333. The first-order valence-corrected chi connectivity index (χ1v) is 11.6. The van der Waals surface area contributed by atoms with E-state index in [0.29, 0.717) is 12.5 Å². The molecule has 1 aliphatic heterocycles. The highest BCUT2D eigenvalue weighted by molar-refractivity contribution is 5.73. The van der Waals surface area contributed by atoms with Crippen molar-refractivity contribution in [2.45, 2.75) is 31.9 Å². The van der Waals surface area contributed by atoms with E-state index in [-0.39, 0.29) is 0 Å². The van der Waals surface area contributed by atoms with Crippen molar-refractivity contribution in [2.24, 2.45) is 5.92 Å². The zero-order valence-electron chi connectivity index (χ0n) is 20.8. The van der Waals surface area contributed by atoms with Crippen LogP contribution >= 0.6 is 0 Å². The van der Waals surface area contributed by atoms with Gasteiger partial charge in [0.1, 0.15) is 5.75 Å². The SMILES string of the molecule is O=C(O)C(F)(F)F.O=C(O)C(F)(F)F.c1ccc(CCN2Cc3cncn3CC(COc3cccnc3)C2)cc1. The van der Waals surface area contributed by atoms with Crippen LogP contribution in [0.15, 0.2) is 67.4 Å². The number of ether oxygens (including phenoxy) is 1. The van der Waals surface area contributed by atoms with Gasteiger partial charge in [-0.05, 0) is 24.1 Å². The first-order chi connectivity index (χ1) is 18.8. The van der Waals surface area contributed by atoms with Crippen molar-refractivity contribution < 1.29 is 50.9 Å². The van der Waals surface area contributed by atoms with Gasteiger partial charge in [-0.2, -0.15) is 26.3 Å². The summed E-state index contributed by atoms with van der Waals surface area (Å²) < 4.78 is 71.7. The Bertz CT molecular complexity index is 1100. The third-order valence-electron chi connectivity index (χ3n) is 5.32.